The van der Waals surface area contributed by atoms with E-state index in [9.17, 15) is 4.79 Å². The molecule has 0 unspecified atom stereocenters. The Balaban J connectivity index is 1.66. The van der Waals surface area contributed by atoms with Gasteiger partial charge in [-0.25, -0.2) is 0 Å². The first-order chi connectivity index (χ1) is 8.31. The van der Waals surface area contributed by atoms with Gasteiger partial charge in [0.1, 0.15) is 0 Å². The molecule has 0 aromatic heterocycles. The molecule has 1 aliphatic heterocycles. The zero-order chi connectivity index (χ0) is 11.7. The van der Waals surface area contributed by atoms with Crippen molar-refractivity contribution in [2.75, 3.05) is 18.4 Å². The molecule has 1 amide bonds. The monoisotopic (exact) mass is 231 g/mol. The predicted octanol–water partition coefficient (Wildman–Crippen LogP) is 0.962. The second kappa shape index (κ2) is 4.37. The fourth-order valence-corrected chi connectivity index (χ4v) is 1.87. The third-order valence-electron chi connectivity index (χ3n) is 3.19. The third kappa shape index (κ3) is 2.58. The van der Waals surface area contributed by atoms with Gasteiger partial charge < -0.3 is 16.0 Å². The molecule has 1 aromatic rings. The highest BCUT2D eigenvalue weighted by Crippen LogP contribution is 2.20. The first kappa shape index (κ1) is 10.6. The van der Waals surface area contributed by atoms with Crippen molar-refractivity contribution in [1.29, 1.82) is 0 Å². The maximum absolute atomic E-state index is 11.9. The van der Waals surface area contributed by atoms with Crippen LogP contribution in [0.25, 0.3) is 0 Å². The summed E-state index contributed by atoms with van der Waals surface area (Å²) < 4.78 is 0. The van der Waals surface area contributed by atoms with E-state index in [4.69, 9.17) is 0 Å². The summed E-state index contributed by atoms with van der Waals surface area (Å²) in [7, 11) is 0. The van der Waals surface area contributed by atoms with Gasteiger partial charge in [0.15, 0.2) is 0 Å². The van der Waals surface area contributed by atoms with Gasteiger partial charge in [0.25, 0.3) is 5.91 Å². The molecule has 1 heterocycles. The Morgan fingerprint density at radius 2 is 2.06 bits per heavy atom. The van der Waals surface area contributed by atoms with E-state index in [1.165, 1.54) is 0 Å². The quantitative estimate of drug-likeness (QED) is 0.723. The van der Waals surface area contributed by atoms with Gasteiger partial charge in [0.05, 0.1) is 6.04 Å². The Morgan fingerprint density at radius 1 is 1.24 bits per heavy atom. The SMILES string of the molecule is O=C(NC1CC1)c1cccc(NC2CNC2)c1. The van der Waals surface area contributed by atoms with Crippen LogP contribution in [0.3, 0.4) is 0 Å². The first-order valence-electron chi connectivity index (χ1n) is 6.19. The van der Waals surface area contributed by atoms with E-state index in [2.05, 4.69) is 16.0 Å². The van der Waals surface area contributed by atoms with E-state index in [1.54, 1.807) is 0 Å². The maximum Gasteiger partial charge on any atom is 0.251 e. The van der Waals surface area contributed by atoms with Crippen molar-refractivity contribution >= 4 is 11.6 Å². The van der Waals surface area contributed by atoms with Gasteiger partial charge in [0.2, 0.25) is 0 Å². The summed E-state index contributed by atoms with van der Waals surface area (Å²) in [6.45, 7) is 2.00. The molecule has 1 aliphatic carbocycles. The van der Waals surface area contributed by atoms with E-state index in [-0.39, 0.29) is 5.91 Å². The molecule has 4 nitrogen and oxygen atoms in total. The molecule has 0 atom stereocenters. The lowest BCUT2D eigenvalue weighted by Gasteiger charge is -2.29. The molecule has 1 saturated heterocycles. The summed E-state index contributed by atoms with van der Waals surface area (Å²) in [6.07, 6.45) is 2.24. The molecular weight excluding hydrogens is 214 g/mol. The fourth-order valence-electron chi connectivity index (χ4n) is 1.87. The summed E-state index contributed by atoms with van der Waals surface area (Å²) in [5.41, 5.74) is 1.77. The van der Waals surface area contributed by atoms with Crippen LogP contribution in [0.4, 0.5) is 5.69 Å². The Kier molecular flexibility index (Phi) is 2.73. The van der Waals surface area contributed by atoms with Crippen LogP contribution in [-0.4, -0.2) is 31.1 Å². The molecule has 3 N–H and O–H groups in total. The highest BCUT2D eigenvalue weighted by Gasteiger charge is 2.24. The molecule has 90 valence electrons. The summed E-state index contributed by atoms with van der Waals surface area (Å²) >= 11 is 0. The molecule has 17 heavy (non-hydrogen) atoms. The molecule has 4 heteroatoms. The maximum atomic E-state index is 11.9. The molecule has 0 radical (unpaired) electrons. The van der Waals surface area contributed by atoms with Gasteiger partial charge in [-0.05, 0) is 31.0 Å². The molecule has 2 aliphatic rings. The zero-order valence-corrected chi connectivity index (χ0v) is 9.70. The number of rotatable bonds is 4. The van der Waals surface area contributed by atoms with E-state index in [0.29, 0.717) is 12.1 Å². The van der Waals surface area contributed by atoms with Crippen LogP contribution < -0.4 is 16.0 Å². The molecule has 0 spiro atoms. The topological polar surface area (TPSA) is 53.2 Å². The molecule has 3 rings (SSSR count). The van der Waals surface area contributed by atoms with Gasteiger partial charge >= 0.3 is 0 Å². The number of anilines is 1. The summed E-state index contributed by atoms with van der Waals surface area (Å²) in [4.78, 5) is 11.9. The van der Waals surface area contributed by atoms with Crippen molar-refractivity contribution in [1.82, 2.24) is 10.6 Å². The Labute approximate surface area is 101 Å². The zero-order valence-electron chi connectivity index (χ0n) is 9.70. The van der Waals surface area contributed by atoms with Gasteiger partial charge in [0, 0.05) is 30.4 Å². The molecule has 2 fully saturated rings. The van der Waals surface area contributed by atoms with Gasteiger partial charge in [-0.1, -0.05) is 6.07 Å². The average molecular weight is 231 g/mol. The standard InChI is InChI=1S/C13H17N3O/c17-13(16-10-4-5-10)9-2-1-3-11(6-9)15-12-7-14-8-12/h1-3,6,10,12,14-15H,4-5,7-8H2,(H,16,17). The van der Waals surface area contributed by atoms with Crippen molar-refractivity contribution in [2.45, 2.75) is 24.9 Å². The minimum Gasteiger partial charge on any atom is -0.380 e. The van der Waals surface area contributed by atoms with Crippen LogP contribution in [0.1, 0.15) is 23.2 Å². The van der Waals surface area contributed by atoms with E-state index < -0.39 is 0 Å². The number of nitrogens with one attached hydrogen (secondary N) is 3. The molecular formula is C13H17N3O. The minimum atomic E-state index is 0.0443. The lowest BCUT2D eigenvalue weighted by atomic mass is 10.1. The van der Waals surface area contributed by atoms with Crippen molar-refractivity contribution in [3.63, 3.8) is 0 Å². The molecule has 0 bridgehead atoms. The van der Waals surface area contributed by atoms with Crippen molar-refractivity contribution in [2.24, 2.45) is 0 Å². The second-order valence-corrected chi connectivity index (χ2v) is 4.83. The lowest BCUT2D eigenvalue weighted by molar-refractivity contribution is 0.0951. The number of amides is 1. The van der Waals surface area contributed by atoms with E-state index >= 15 is 0 Å². The highest BCUT2D eigenvalue weighted by molar-refractivity contribution is 5.95. The van der Waals surface area contributed by atoms with E-state index in [1.807, 2.05) is 24.3 Å². The lowest BCUT2D eigenvalue weighted by Crippen LogP contribution is -2.51. The van der Waals surface area contributed by atoms with Crippen molar-refractivity contribution in [3.05, 3.63) is 29.8 Å². The van der Waals surface area contributed by atoms with Crippen molar-refractivity contribution in [3.8, 4) is 0 Å². The van der Waals surface area contributed by atoms with Gasteiger partial charge in [-0.2, -0.15) is 0 Å². The number of hydrogen-bond acceptors (Lipinski definition) is 3. The Bertz CT molecular complexity index is 424. The smallest absolute Gasteiger partial charge is 0.251 e. The van der Waals surface area contributed by atoms with Gasteiger partial charge in [-0.3, -0.25) is 4.79 Å². The van der Waals surface area contributed by atoms with Gasteiger partial charge in [-0.15, -0.1) is 0 Å². The van der Waals surface area contributed by atoms with Crippen LogP contribution in [0.5, 0.6) is 0 Å². The Hall–Kier alpha value is -1.55. The third-order valence-corrected chi connectivity index (χ3v) is 3.19. The fraction of sp³-hybridized carbons (Fsp3) is 0.462. The largest absolute Gasteiger partial charge is 0.380 e. The second-order valence-electron chi connectivity index (χ2n) is 4.83. The van der Waals surface area contributed by atoms with Crippen LogP contribution in [0, 0.1) is 0 Å². The van der Waals surface area contributed by atoms with Crippen LogP contribution in [-0.2, 0) is 0 Å². The van der Waals surface area contributed by atoms with Crippen LogP contribution in [0.2, 0.25) is 0 Å². The number of benzene rings is 1. The average Bonchev–Trinajstić information content (AvgIpc) is 3.08. The number of hydrogen-bond donors (Lipinski definition) is 3. The predicted molar refractivity (Wildman–Crippen MR) is 67.2 cm³/mol. The molecule has 1 aromatic carbocycles. The first-order valence-corrected chi connectivity index (χ1v) is 6.19. The molecule has 1 saturated carbocycles. The summed E-state index contributed by atoms with van der Waals surface area (Å²) in [6, 6.07) is 8.63. The van der Waals surface area contributed by atoms with Crippen LogP contribution in [0.15, 0.2) is 24.3 Å². The summed E-state index contributed by atoms with van der Waals surface area (Å²) in [5, 5.41) is 9.61. The minimum absolute atomic E-state index is 0.0443. The summed E-state index contributed by atoms with van der Waals surface area (Å²) in [5.74, 6) is 0.0443. The Morgan fingerprint density at radius 3 is 2.71 bits per heavy atom. The van der Waals surface area contributed by atoms with E-state index in [0.717, 1.165) is 37.2 Å². The number of carbonyl (C=O) groups excluding carboxylic acids is 1. The highest BCUT2D eigenvalue weighted by atomic mass is 16.1. The normalized spacial score (nSPS) is 19.5. The number of carbonyl (C=O) groups is 1. The van der Waals surface area contributed by atoms with Crippen molar-refractivity contribution < 1.29 is 4.79 Å². The van der Waals surface area contributed by atoms with Crippen LogP contribution >= 0.6 is 0 Å².